The van der Waals surface area contributed by atoms with E-state index in [1.165, 1.54) is 0 Å². The van der Waals surface area contributed by atoms with Crippen molar-refractivity contribution in [2.75, 3.05) is 5.32 Å². The summed E-state index contributed by atoms with van der Waals surface area (Å²) in [6, 6.07) is 0.462. The van der Waals surface area contributed by atoms with Crippen LogP contribution in [0, 0.1) is 5.41 Å². The molecule has 2 aromatic heterocycles. The van der Waals surface area contributed by atoms with E-state index in [0.717, 1.165) is 18.5 Å². The van der Waals surface area contributed by atoms with Crippen LogP contribution in [0.1, 0.15) is 39.1 Å². The van der Waals surface area contributed by atoms with E-state index in [2.05, 4.69) is 48.3 Å². The average Bonchev–Trinajstić information content (AvgIpc) is 2.93. The smallest absolute Gasteiger partial charge is 0.315 e. The molecule has 0 amide bonds. The van der Waals surface area contributed by atoms with Gasteiger partial charge in [0.05, 0.1) is 6.20 Å². The van der Waals surface area contributed by atoms with Gasteiger partial charge in [0, 0.05) is 31.3 Å². The molecule has 0 saturated carbocycles. The van der Waals surface area contributed by atoms with Crippen molar-refractivity contribution in [3.05, 3.63) is 23.8 Å². The maximum atomic E-state index is 5.55. The molecule has 104 valence electrons. The molecule has 0 spiro atoms. The first-order valence-corrected chi connectivity index (χ1v) is 6.54. The minimum Gasteiger partial charge on any atom is -0.408 e. The highest BCUT2D eigenvalue weighted by Gasteiger charge is 2.16. The Balaban J connectivity index is 1.89. The predicted molar refractivity (Wildman–Crippen MR) is 72.7 cm³/mol. The van der Waals surface area contributed by atoms with Gasteiger partial charge < -0.3 is 9.73 Å². The van der Waals surface area contributed by atoms with E-state index in [4.69, 9.17) is 4.42 Å². The zero-order valence-corrected chi connectivity index (χ0v) is 12.0. The molecule has 0 atom stereocenters. The highest BCUT2D eigenvalue weighted by Crippen LogP contribution is 2.20. The third-order valence-corrected chi connectivity index (χ3v) is 2.60. The normalized spacial score (nSPS) is 11.8. The molecular formula is C13H21N5O. The second kappa shape index (κ2) is 5.42. The third kappa shape index (κ3) is 4.08. The largest absolute Gasteiger partial charge is 0.408 e. The van der Waals surface area contributed by atoms with Crippen molar-refractivity contribution >= 4 is 6.01 Å². The summed E-state index contributed by atoms with van der Waals surface area (Å²) >= 11 is 0. The highest BCUT2D eigenvalue weighted by atomic mass is 16.4. The Morgan fingerprint density at radius 1 is 1.32 bits per heavy atom. The van der Waals surface area contributed by atoms with Gasteiger partial charge in [-0.2, -0.15) is 5.10 Å². The molecule has 2 rings (SSSR count). The van der Waals surface area contributed by atoms with Gasteiger partial charge in [0.1, 0.15) is 0 Å². The van der Waals surface area contributed by atoms with Crippen LogP contribution in [0.4, 0.5) is 6.01 Å². The van der Waals surface area contributed by atoms with Crippen molar-refractivity contribution in [1.82, 2.24) is 20.0 Å². The van der Waals surface area contributed by atoms with Gasteiger partial charge in [0.15, 0.2) is 0 Å². The molecule has 6 heteroatoms. The minimum absolute atomic E-state index is 0.145. The molecule has 19 heavy (non-hydrogen) atoms. The zero-order valence-electron chi connectivity index (χ0n) is 12.0. The monoisotopic (exact) mass is 263 g/mol. The Hall–Kier alpha value is -1.85. The van der Waals surface area contributed by atoms with Gasteiger partial charge in [-0.25, -0.2) is 0 Å². The van der Waals surface area contributed by atoms with E-state index >= 15 is 0 Å². The lowest BCUT2D eigenvalue weighted by Gasteiger charge is -2.14. The number of anilines is 1. The standard InChI is InChI=1S/C13H21N5O/c1-5-18-9-10(8-15-18)7-14-12-17-16-11(19-12)6-13(2,3)4/h8-9H,5-7H2,1-4H3,(H,14,17). The summed E-state index contributed by atoms with van der Waals surface area (Å²) in [6.07, 6.45) is 4.61. The summed E-state index contributed by atoms with van der Waals surface area (Å²) in [5.41, 5.74) is 1.24. The number of aryl methyl sites for hydroxylation is 1. The second-order valence-corrected chi connectivity index (χ2v) is 5.80. The lowest BCUT2D eigenvalue weighted by atomic mass is 9.92. The van der Waals surface area contributed by atoms with Crippen LogP contribution in [0.15, 0.2) is 16.8 Å². The Bertz CT molecular complexity index is 523. The fourth-order valence-corrected chi connectivity index (χ4v) is 1.70. The SMILES string of the molecule is CCn1cc(CNc2nnc(CC(C)(C)C)o2)cn1. The van der Waals surface area contributed by atoms with E-state index in [0.29, 0.717) is 18.5 Å². The molecule has 0 radical (unpaired) electrons. The Morgan fingerprint density at radius 2 is 2.11 bits per heavy atom. The van der Waals surface area contributed by atoms with Gasteiger partial charge in [-0.05, 0) is 12.3 Å². The lowest BCUT2D eigenvalue weighted by molar-refractivity contribution is 0.357. The van der Waals surface area contributed by atoms with E-state index in [1.54, 1.807) is 0 Å². The van der Waals surface area contributed by atoms with Crippen molar-refractivity contribution in [2.24, 2.45) is 5.41 Å². The van der Waals surface area contributed by atoms with E-state index in [1.807, 2.05) is 17.1 Å². The third-order valence-electron chi connectivity index (χ3n) is 2.60. The molecule has 2 heterocycles. The van der Waals surface area contributed by atoms with Gasteiger partial charge in [-0.3, -0.25) is 4.68 Å². The van der Waals surface area contributed by atoms with Gasteiger partial charge in [-0.1, -0.05) is 25.9 Å². The van der Waals surface area contributed by atoms with Crippen molar-refractivity contribution in [3.63, 3.8) is 0 Å². The van der Waals surface area contributed by atoms with Crippen LogP contribution in [0.3, 0.4) is 0 Å². The van der Waals surface area contributed by atoms with Gasteiger partial charge >= 0.3 is 6.01 Å². The van der Waals surface area contributed by atoms with Crippen LogP contribution in [0.2, 0.25) is 0 Å². The number of hydrogen-bond donors (Lipinski definition) is 1. The molecule has 0 unspecified atom stereocenters. The van der Waals surface area contributed by atoms with Crippen LogP contribution in [0.5, 0.6) is 0 Å². The number of hydrogen-bond acceptors (Lipinski definition) is 5. The molecule has 6 nitrogen and oxygen atoms in total. The van der Waals surface area contributed by atoms with Crippen molar-refractivity contribution < 1.29 is 4.42 Å². The van der Waals surface area contributed by atoms with Crippen molar-refractivity contribution in [1.29, 1.82) is 0 Å². The summed E-state index contributed by atoms with van der Waals surface area (Å²) in [5, 5.41) is 15.3. The predicted octanol–water partition coefficient (Wildman–Crippen LogP) is 2.49. The van der Waals surface area contributed by atoms with Gasteiger partial charge in [0.2, 0.25) is 5.89 Å². The molecule has 0 bridgehead atoms. The molecule has 0 fully saturated rings. The van der Waals surface area contributed by atoms with Crippen LogP contribution in [0.25, 0.3) is 0 Å². The quantitative estimate of drug-likeness (QED) is 0.897. The number of nitrogens with one attached hydrogen (secondary N) is 1. The zero-order chi connectivity index (χ0) is 13.9. The van der Waals surface area contributed by atoms with Crippen molar-refractivity contribution in [3.8, 4) is 0 Å². The van der Waals surface area contributed by atoms with E-state index < -0.39 is 0 Å². The molecule has 0 aromatic carbocycles. The fraction of sp³-hybridized carbons (Fsp3) is 0.615. The van der Waals surface area contributed by atoms with Crippen LogP contribution in [-0.2, 0) is 19.5 Å². The molecule has 0 aliphatic carbocycles. The van der Waals surface area contributed by atoms with E-state index in [-0.39, 0.29) is 5.41 Å². The highest BCUT2D eigenvalue weighted by molar-refractivity contribution is 5.20. The van der Waals surface area contributed by atoms with Gasteiger partial charge in [0.25, 0.3) is 0 Å². The first-order chi connectivity index (χ1) is 8.96. The summed E-state index contributed by atoms with van der Waals surface area (Å²) in [4.78, 5) is 0. The van der Waals surface area contributed by atoms with E-state index in [9.17, 15) is 0 Å². The lowest BCUT2D eigenvalue weighted by Crippen LogP contribution is -2.09. The van der Waals surface area contributed by atoms with Crippen LogP contribution in [-0.4, -0.2) is 20.0 Å². The van der Waals surface area contributed by atoms with Crippen LogP contribution >= 0.6 is 0 Å². The summed E-state index contributed by atoms with van der Waals surface area (Å²) in [5.74, 6) is 0.666. The maximum Gasteiger partial charge on any atom is 0.315 e. The number of nitrogens with zero attached hydrogens (tertiary/aromatic N) is 4. The Labute approximate surface area is 113 Å². The molecule has 0 aliphatic rings. The first kappa shape index (κ1) is 13.6. The average molecular weight is 263 g/mol. The number of aromatic nitrogens is 4. The Morgan fingerprint density at radius 3 is 2.74 bits per heavy atom. The molecule has 2 aromatic rings. The van der Waals surface area contributed by atoms with Crippen LogP contribution < -0.4 is 5.32 Å². The number of rotatable bonds is 5. The summed E-state index contributed by atoms with van der Waals surface area (Å²) < 4.78 is 7.44. The second-order valence-electron chi connectivity index (χ2n) is 5.80. The minimum atomic E-state index is 0.145. The van der Waals surface area contributed by atoms with Crippen molar-refractivity contribution in [2.45, 2.75) is 47.2 Å². The summed E-state index contributed by atoms with van der Waals surface area (Å²) in [6.45, 7) is 9.99. The molecular weight excluding hydrogens is 242 g/mol. The fourth-order valence-electron chi connectivity index (χ4n) is 1.70. The first-order valence-electron chi connectivity index (χ1n) is 6.54. The molecule has 0 saturated heterocycles. The summed E-state index contributed by atoms with van der Waals surface area (Å²) in [7, 11) is 0. The maximum absolute atomic E-state index is 5.55. The molecule has 1 N–H and O–H groups in total. The Kier molecular flexibility index (Phi) is 3.87. The van der Waals surface area contributed by atoms with Gasteiger partial charge in [-0.15, -0.1) is 5.10 Å². The topological polar surface area (TPSA) is 68.8 Å². The molecule has 0 aliphatic heterocycles.